The Morgan fingerprint density at radius 2 is 1.62 bits per heavy atom. The largest absolute Gasteiger partial charge is 0.451 e. The molecule has 1 aromatic heterocycles. The van der Waals surface area contributed by atoms with Crippen LogP contribution in [0.25, 0.3) is 16.9 Å². The van der Waals surface area contributed by atoms with Crippen molar-refractivity contribution in [2.45, 2.75) is 6.92 Å². The summed E-state index contributed by atoms with van der Waals surface area (Å²) in [6, 6.07) is 20.0. The zero-order valence-electron chi connectivity index (χ0n) is 15.7. The summed E-state index contributed by atoms with van der Waals surface area (Å²) in [6.07, 6.45) is -0.894. The maximum atomic E-state index is 12.6. The third-order valence-electron chi connectivity index (χ3n) is 3.84. The van der Waals surface area contributed by atoms with Crippen LogP contribution in [0.15, 0.2) is 66.7 Å². The smallest absolute Gasteiger partial charge is 0.413 e. The fourth-order valence-corrected chi connectivity index (χ4v) is 2.56. The standard InChI is InChI=1S/C21H19N3O5/c1-2-28-21(27)22-19(25)14-29-20(26)18-13-17(15-9-5-3-6-10-15)23-24(18)16-11-7-4-8-12-16/h3-13H,2,14H2,1H3,(H,22,25,27). The maximum Gasteiger partial charge on any atom is 0.413 e. The predicted molar refractivity (Wildman–Crippen MR) is 104 cm³/mol. The number of nitrogens with zero attached hydrogens (tertiary/aromatic N) is 2. The molecule has 1 N–H and O–H groups in total. The van der Waals surface area contributed by atoms with Crippen LogP contribution in [-0.2, 0) is 14.3 Å². The lowest BCUT2D eigenvalue weighted by atomic mass is 10.1. The Kier molecular flexibility index (Phi) is 6.36. The van der Waals surface area contributed by atoms with Crippen molar-refractivity contribution in [2.24, 2.45) is 0 Å². The van der Waals surface area contributed by atoms with Gasteiger partial charge in [-0.15, -0.1) is 0 Å². The van der Waals surface area contributed by atoms with E-state index >= 15 is 0 Å². The van der Waals surface area contributed by atoms with E-state index in [1.165, 1.54) is 4.68 Å². The number of ether oxygens (including phenoxy) is 2. The number of alkyl carbamates (subject to hydrolysis) is 1. The Hall–Kier alpha value is -3.94. The molecule has 0 saturated heterocycles. The van der Waals surface area contributed by atoms with Crippen molar-refractivity contribution in [3.63, 3.8) is 0 Å². The molecule has 3 rings (SSSR count). The van der Waals surface area contributed by atoms with Gasteiger partial charge in [0.15, 0.2) is 12.3 Å². The van der Waals surface area contributed by atoms with Gasteiger partial charge >= 0.3 is 12.1 Å². The summed E-state index contributed by atoms with van der Waals surface area (Å²) in [6.45, 7) is 1.11. The van der Waals surface area contributed by atoms with Crippen LogP contribution in [0, 0.1) is 0 Å². The van der Waals surface area contributed by atoms with Gasteiger partial charge in [-0.2, -0.15) is 5.10 Å². The fourth-order valence-electron chi connectivity index (χ4n) is 2.56. The van der Waals surface area contributed by atoms with Gasteiger partial charge in [-0.3, -0.25) is 10.1 Å². The highest BCUT2D eigenvalue weighted by Crippen LogP contribution is 2.22. The zero-order valence-corrected chi connectivity index (χ0v) is 15.7. The molecule has 148 valence electrons. The van der Waals surface area contributed by atoms with Crippen molar-refractivity contribution in [2.75, 3.05) is 13.2 Å². The van der Waals surface area contributed by atoms with E-state index in [0.29, 0.717) is 11.4 Å². The van der Waals surface area contributed by atoms with Crippen molar-refractivity contribution in [3.05, 3.63) is 72.4 Å². The number of amides is 2. The van der Waals surface area contributed by atoms with E-state index in [2.05, 4.69) is 9.84 Å². The molecule has 8 nitrogen and oxygen atoms in total. The molecule has 29 heavy (non-hydrogen) atoms. The van der Waals surface area contributed by atoms with Crippen LogP contribution in [0.4, 0.5) is 4.79 Å². The quantitative estimate of drug-likeness (QED) is 0.647. The van der Waals surface area contributed by atoms with Gasteiger partial charge in [0.1, 0.15) is 0 Å². The summed E-state index contributed by atoms with van der Waals surface area (Å²) in [5, 5.41) is 6.48. The van der Waals surface area contributed by atoms with Gasteiger partial charge in [0, 0.05) is 5.56 Å². The lowest BCUT2D eigenvalue weighted by Crippen LogP contribution is -2.34. The van der Waals surface area contributed by atoms with E-state index in [0.717, 1.165) is 5.56 Å². The second kappa shape index (κ2) is 9.32. The molecule has 0 saturated carbocycles. The maximum absolute atomic E-state index is 12.6. The Bertz CT molecular complexity index is 1000. The topological polar surface area (TPSA) is 99.5 Å². The summed E-state index contributed by atoms with van der Waals surface area (Å²) in [5.41, 5.74) is 2.23. The highest BCUT2D eigenvalue weighted by Gasteiger charge is 2.20. The Balaban J connectivity index is 1.81. The number of hydrogen-bond donors (Lipinski definition) is 1. The molecule has 2 amide bonds. The minimum atomic E-state index is -0.894. The monoisotopic (exact) mass is 393 g/mol. The zero-order chi connectivity index (χ0) is 20.6. The van der Waals surface area contributed by atoms with E-state index < -0.39 is 24.6 Å². The second-order valence-corrected chi connectivity index (χ2v) is 5.87. The molecule has 0 unspecified atom stereocenters. The van der Waals surface area contributed by atoms with Gasteiger partial charge in [-0.05, 0) is 25.1 Å². The summed E-state index contributed by atoms with van der Waals surface area (Å²) >= 11 is 0. The van der Waals surface area contributed by atoms with Crippen LogP contribution in [0.3, 0.4) is 0 Å². The van der Waals surface area contributed by atoms with Crippen LogP contribution in [0.2, 0.25) is 0 Å². The third-order valence-corrected chi connectivity index (χ3v) is 3.84. The lowest BCUT2D eigenvalue weighted by Gasteiger charge is -2.08. The molecule has 8 heteroatoms. The first kappa shape index (κ1) is 19.8. The lowest BCUT2D eigenvalue weighted by molar-refractivity contribution is -0.123. The van der Waals surface area contributed by atoms with E-state index in [-0.39, 0.29) is 12.3 Å². The van der Waals surface area contributed by atoms with Crippen molar-refractivity contribution in [1.82, 2.24) is 15.1 Å². The number of rotatable bonds is 6. The Labute approximate surface area is 167 Å². The number of nitrogens with one attached hydrogen (secondary N) is 1. The van der Waals surface area contributed by atoms with Gasteiger partial charge < -0.3 is 9.47 Å². The number of para-hydroxylation sites is 1. The summed E-state index contributed by atoms with van der Waals surface area (Å²) in [5.74, 6) is -1.53. The first-order valence-corrected chi connectivity index (χ1v) is 8.93. The van der Waals surface area contributed by atoms with Crippen molar-refractivity contribution >= 4 is 18.0 Å². The van der Waals surface area contributed by atoms with Crippen LogP contribution in [0.5, 0.6) is 0 Å². The van der Waals surface area contributed by atoms with Crippen molar-refractivity contribution < 1.29 is 23.9 Å². The van der Waals surface area contributed by atoms with Gasteiger partial charge in [0.2, 0.25) is 0 Å². The van der Waals surface area contributed by atoms with Crippen LogP contribution < -0.4 is 5.32 Å². The number of carbonyl (C=O) groups excluding carboxylic acids is 3. The molecule has 0 atom stereocenters. The van der Waals surface area contributed by atoms with E-state index in [4.69, 9.17) is 4.74 Å². The van der Waals surface area contributed by atoms with Gasteiger partial charge in [-0.25, -0.2) is 14.3 Å². The van der Waals surface area contributed by atoms with Crippen LogP contribution in [-0.4, -0.2) is 41.0 Å². The Morgan fingerprint density at radius 1 is 0.966 bits per heavy atom. The van der Waals surface area contributed by atoms with Crippen LogP contribution in [0.1, 0.15) is 17.4 Å². The number of esters is 1. The number of imide groups is 1. The normalized spacial score (nSPS) is 10.2. The minimum Gasteiger partial charge on any atom is -0.451 e. The van der Waals surface area contributed by atoms with E-state index in [1.807, 2.05) is 53.8 Å². The molecule has 1 heterocycles. The first-order valence-electron chi connectivity index (χ1n) is 8.93. The molecule has 0 bridgehead atoms. The molecule has 0 aliphatic carbocycles. The van der Waals surface area contributed by atoms with Gasteiger partial charge in [0.05, 0.1) is 18.0 Å². The minimum absolute atomic E-state index is 0.122. The van der Waals surface area contributed by atoms with E-state index in [9.17, 15) is 14.4 Å². The van der Waals surface area contributed by atoms with Crippen LogP contribution >= 0.6 is 0 Å². The van der Waals surface area contributed by atoms with Gasteiger partial charge in [0.25, 0.3) is 5.91 Å². The number of aromatic nitrogens is 2. The second-order valence-electron chi connectivity index (χ2n) is 5.87. The third kappa shape index (κ3) is 5.07. The highest BCUT2D eigenvalue weighted by molar-refractivity contribution is 5.95. The molecule has 0 aliphatic heterocycles. The van der Waals surface area contributed by atoms with Crippen molar-refractivity contribution in [1.29, 1.82) is 0 Å². The number of benzene rings is 2. The molecule has 0 aliphatic rings. The molecule has 3 aromatic rings. The number of carbonyl (C=O) groups is 3. The summed E-state index contributed by atoms with van der Waals surface area (Å²) in [7, 11) is 0. The molecule has 0 fully saturated rings. The fraction of sp³-hybridized carbons (Fsp3) is 0.143. The first-order chi connectivity index (χ1) is 14.1. The SMILES string of the molecule is CCOC(=O)NC(=O)COC(=O)c1cc(-c2ccccc2)nn1-c1ccccc1. The average Bonchev–Trinajstić information content (AvgIpc) is 3.19. The summed E-state index contributed by atoms with van der Waals surface area (Å²) in [4.78, 5) is 35.6. The van der Waals surface area contributed by atoms with Crippen molar-refractivity contribution in [3.8, 4) is 16.9 Å². The highest BCUT2D eigenvalue weighted by atomic mass is 16.6. The molecule has 0 spiro atoms. The number of hydrogen-bond acceptors (Lipinski definition) is 6. The summed E-state index contributed by atoms with van der Waals surface area (Å²) < 4.78 is 11.1. The van der Waals surface area contributed by atoms with E-state index in [1.54, 1.807) is 25.1 Å². The Morgan fingerprint density at radius 3 is 2.28 bits per heavy atom. The molecular weight excluding hydrogens is 374 g/mol. The van der Waals surface area contributed by atoms with Gasteiger partial charge in [-0.1, -0.05) is 48.5 Å². The predicted octanol–water partition coefficient (Wildman–Crippen LogP) is 2.97. The average molecular weight is 393 g/mol. The molecule has 2 aromatic carbocycles. The molecular formula is C21H19N3O5. The molecule has 0 radical (unpaired) electrons.